The maximum atomic E-state index is 10.6. The minimum absolute atomic E-state index is 0.228. The second-order valence-electron chi connectivity index (χ2n) is 3.19. The van der Waals surface area contributed by atoms with E-state index < -0.39 is 12.0 Å². The monoisotopic (exact) mass is 206 g/mol. The summed E-state index contributed by atoms with van der Waals surface area (Å²) >= 11 is 0. The average Bonchev–Trinajstić information content (AvgIpc) is 2.59. The smallest absolute Gasteiger partial charge is 0.325 e. The fourth-order valence-electron chi connectivity index (χ4n) is 1.18. The molecule has 1 atom stereocenters. The molecule has 5 nitrogen and oxygen atoms in total. The molecular formula is C10H10N2O3. The number of benzene rings is 1. The fraction of sp³-hybridized carbons (Fsp3) is 0.200. The van der Waals surface area contributed by atoms with Gasteiger partial charge in [0.15, 0.2) is 5.58 Å². The highest BCUT2D eigenvalue weighted by Crippen LogP contribution is 2.18. The minimum atomic E-state index is -0.947. The number of anilines is 1. The molecule has 1 heterocycles. The summed E-state index contributed by atoms with van der Waals surface area (Å²) in [6.45, 7) is 1.52. The SMILES string of the molecule is C[C@@H](Nc1nc2ccccc2o1)C(=O)O. The van der Waals surface area contributed by atoms with Crippen molar-refractivity contribution in [2.24, 2.45) is 0 Å². The summed E-state index contributed by atoms with van der Waals surface area (Å²) in [5, 5.41) is 11.3. The van der Waals surface area contributed by atoms with Gasteiger partial charge in [-0.25, -0.2) is 0 Å². The zero-order valence-electron chi connectivity index (χ0n) is 8.10. The normalized spacial score (nSPS) is 12.6. The molecule has 15 heavy (non-hydrogen) atoms. The molecule has 2 rings (SSSR count). The second kappa shape index (κ2) is 3.61. The molecule has 0 aliphatic heterocycles. The zero-order chi connectivity index (χ0) is 10.8. The van der Waals surface area contributed by atoms with Crippen LogP contribution in [0.25, 0.3) is 11.1 Å². The van der Waals surface area contributed by atoms with Crippen molar-refractivity contribution in [2.45, 2.75) is 13.0 Å². The number of aromatic nitrogens is 1. The number of aliphatic carboxylic acids is 1. The van der Waals surface area contributed by atoms with Crippen LogP contribution in [0.2, 0.25) is 0 Å². The minimum Gasteiger partial charge on any atom is -0.480 e. The lowest BCUT2D eigenvalue weighted by Crippen LogP contribution is -2.25. The van der Waals surface area contributed by atoms with Crippen molar-refractivity contribution >= 4 is 23.1 Å². The van der Waals surface area contributed by atoms with E-state index in [9.17, 15) is 4.79 Å². The van der Waals surface area contributed by atoms with Crippen LogP contribution in [0, 0.1) is 0 Å². The third kappa shape index (κ3) is 1.90. The lowest BCUT2D eigenvalue weighted by molar-refractivity contribution is -0.137. The van der Waals surface area contributed by atoms with Crippen LogP contribution in [-0.4, -0.2) is 22.1 Å². The van der Waals surface area contributed by atoms with E-state index in [0.717, 1.165) is 0 Å². The number of para-hydroxylation sites is 2. The van der Waals surface area contributed by atoms with E-state index in [1.54, 1.807) is 12.1 Å². The molecule has 0 bridgehead atoms. The number of carbonyl (C=O) groups is 1. The van der Waals surface area contributed by atoms with E-state index in [1.165, 1.54) is 6.92 Å². The van der Waals surface area contributed by atoms with E-state index in [0.29, 0.717) is 11.1 Å². The first-order valence-electron chi connectivity index (χ1n) is 4.52. The maximum absolute atomic E-state index is 10.6. The summed E-state index contributed by atoms with van der Waals surface area (Å²) in [7, 11) is 0. The van der Waals surface area contributed by atoms with Crippen molar-refractivity contribution in [3.63, 3.8) is 0 Å². The lowest BCUT2D eigenvalue weighted by atomic mass is 10.3. The van der Waals surface area contributed by atoms with Crippen LogP contribution in [0.3, 0.4) is 0 Å². The molecule has 0 saturated heterocycles. The summed E-state index contributed by atoms with van der Waals surface area (Å²) in [4.78, 5) is 14.7. The van der Waals surface area contributed by atoms with Gasteiger partial charge in [-0.15, -0.1) is 0 Å². The Morgan fingerprint density at radius 3 is 2.93 bits per heavy atom. The predicted octanol–water partition coefficient (Wildman–Crippen LogP) is 1.71. The van der Waals surface area contributed by atoms with Crippen LogP contribution >= 0.6 is 0 Å². The van der Waals surface area contributed by atoms with Crippen LogP contribution in [-0.2, 0) is 4.79 Å². The van der Waals surface area contributed by atoms with E-state index in [1.807, 2.05) is 12.1 Å². The highest BCUT2D eigenvalue weighted by atomic mass is 16.4. The number of carboxylic acid groups (broad SMARTS) is 1. The molecule has 0 fully saturated rings. The molecule has 0 radical (unpaired) electrons. The Hall–Kier alpha value is -2.04. The number of carboxylic acids is 1. The summed E-state index contributed by atoms with van der Waals surface area (Å²) < 4.78 is 5.30. The number of nitrogens with one attached hydrogen (secondary N) is 1. The first-order chi connectivity index (χ1) is 7.16. The van der Waals surface area contributed by atoms with E-state index in [-0.39, 0.29) is 6.01 Å². The van der Waals surface area contributed by atoms with Gasteiger partial charge in [0.25, 0.3) is 6.01 Å². The van der Waals surface area contributed by atoms with Crippen LogP contribution in [0.15, 0.2) is 28.7 Å². The molecule has 1 aromatic heterocycles. The summed E-state index contributed by atoms with van der Waals surface area (Å²) in [6.07, 6.45) is 0. The van der Waals surface area contributed by atoms with Crippen molar-refractivity contribution in [1.29, 1.82) is 0 Å². The second-order valence-corrected chi connectivity index (χ2v) is 3.19. The first-order valence-corrected chi connectivity index (χ1v) is 4.52. The quantitative estimate of drug-likeness (QED) is 0.799. The van der Waals surface area contributed by atoms with Crippen LogP contribution in [0.4, 0.5) is 6.01 Å². The third-order valence-corrected chi connectivity index (χ3v) is 2.00. The van der Waals surface area contributed by atoms with E-state index >= 15 is 0 Å². The molecule has 2 N–H and O–H groups in total. The van der Waals surface area contributed by atoms with Gasteiger partial charge in [-0.3, -0.25) is 4.79 Å². The first kappa shape index (κ1) is 9.51. The standard InChI is InChI=1S/C10H10N2O3/c1-6(9(13)14)11-10-12-7-4-2-3-5-8(7)15-10/h2-6H,1H3,(H,11,12)(H,13,14)/t6-/m1/s1. The third-order valence-electron chi connectivity index (χ3n) is 2.00. The Bertz CT molecular complexity index is 459. The van der Waals surface area contributed by atoms with Gasteiger partial charge < -0.3 is 14.8 Å². The number of nitrogens with zero attached hydrogens (tertiary/aromatic N) is 1. The molecule has 78 valence electrons. The van der Waals surface area contributed by atoms with Crippen molar-refractivity contribution in [2.75, 3.05) is 5.32 Å². The van der Waals surface area contributed by atoms with Crippen LogP contribution < -0.4 is 5.32 Å². The Kier molecular flexibility index (Phi) is 2.29. The summed E-state index contributed by atoms with van der Waals surface area (Å²) in [6, 6.07) is 6.76. The topological polar surface area (TPSA) is 75.4 Å². The molecule has 0 saturated carbocycles. The summed E-state index contributed by atoms with van der Waals surface area (Å²) in [5.74, 6) is -0.947. The number of hydrogen-bond donors (Lipinski definition) is 2. The number of fused-ring (bicyclic) bond motifs is 1. The fourth-order valence-corrected chi connectivity index (χ4v) is 1.18. The van der Waals surface area contributed by atoms with Crippen molar-refractivity contribution in [3.8, 4) is 0 Å². The van der Waals surface area contributed by atoms with Crippen molar-refractivity contribution < 1.29 is 14.3 Å². The van der Waals surface area contributed by atoms with E-state index in [2.05, 4.69) is 10.3 Å². The number of oxazole rings is 1. The number of rotatable bonds is 3. The molecule has 0 unspecified atom stereocenters. The van der Waals surface area contributed by atoms with Gasteiger partial charge in [0, 0.05) is 0 Å². The molecule has 0 amide bonds. The van der Waals surface area contributed by atoms with Gasteiger partial charge in [-0.1, -0.05) is 12.1 Å². The molecule has 0 spiro atoms. The van der Waals surface area contributed by atoms with Gasteiger partial charge in [-0.2, -0.15) is 4.98 Å². The Labute approximate surface area is 85.7 Å². The number of hydrogen-bond acceptors (Lipinski definition) is 4. The average molecular weight is 206 g/mol. The maximum Gasteiger partial charge on any atom is 0.325 e. The highest BCUT2D eigenvalue weighted by Gasteiger charge is 2.13. The lowest BCUT2D eigenvalue weighted by Gasteiger charge is -2.04. The Morgan fingerprint density at radius 2 is 2.27 bits per heavy atom. The zero-order valence-corrected chi connectivity index (χ0v) is 8.10. The largest absolute Gasteiger partial charge is 0.480 e. The molecule has 0 aliphatic rings. The van der Waals surface area contributed by atoms with Gasteiger partial charge in [-0.05, 0) is 19.1 Å². The molecule has 0 aliphatic carbocycles. The van der Waals surface area contributed by atoms with Crippen LogP contribution in [0.5, 0.6) is 0 Å². The highest BCUT2D eigenvalue weighted by molar-refractivity contribution is 5.78. The molecular weight excluding hydrogens is 196 g/mol. The summed E-state index contributed by atoms with van der Waals surface area (Å²) in [5.41, 5.74) is 1.34. The molecule has 5 heteroatoms. The Morgan fingerprint density at radius 1 is 1.53 bits per heavy atom. The predicted molar refractivity (Wildman–Crippen MR) is 54.7 cm³/mol. The van der Waals surface area contributed by atoms with Gasteiger partial charge in [0.1, 0.15) is 11.6 Å². The molecule has 2 aromatic rings. The Balaban J connectivity index is 2.26. The van der Waals surface area contributed by atoms with Gasteiger partial charge >= 0.3 is 5.97 Å². The van der Waals surface area contributed by atoms with Gasteiger partial charge in [0.05, 0.1) is 0 Å². The van der Waals surface area contributed by atoms with Gasteiger partial charge in [0.2, 0.25) is 0 Å². The van der Waals surface area contributed by atoms with Crippen molar-refractivity contribution in [3.05, 3.63) is 24.3 Å². The van der Waals surface area contributed by atoms with E-state index in [4.69, 9.17) is 9.52 Å². The van der Waals surface area contributed by atoms with Crippen LogP contribution in [0.1, 0.15) is 6.92 Å². The van der Waals surface area contributed by atoms with Crippen molar-refractivity contribution in [1.82, 2.24) is 4.98 Å². The molecule has 1 aromatic carbocycles.